The average molecular weight is 501 g/mol. The molecule has 1 amide bonds. The third kappa shape index (κ3) is 4.81. The quantitative estimate of drug-likeness (QED) is 0.355. The summed E-state index contributed by atoms with van der Waals surface area (Å²) >= 11 is 1.26. The van der Waals surface area contributed by atoms with E-state index in [1.807, 2.05) is 55.5 Å². The highest BCUT2D eigenvalue weighted by atomic mass is 32.2. The van der Waals surface area contributed by atoms with Crippen LogP contribution in [0.4, 0.5) is 16.2 Å². The van der Waals surface area contributed by atoms with Crippen molar-refractivity contribution in [2.75, 3.05) is 25.7 Å². The summed E-state index contributed by atoms with van der Waals surface area (Å²) < 4.78 is 11.1. The Balaban J connectivity index is 1.59. The van der Waals surface area contributed by atoms with Crippen molar-refractivity contribution in [3.8, 4) is 11.5 Å². The predicted octanol–water partition coefficient (Wildman–Crippen LogP) is 5.78. The van der Waals surface area contributed by atoms with Crippen molar-refractivity contribution in [3.63, 3.8) is 0 Å². The summed E-state index contributed by atoms with van der Waals surface area (Å²) in [6, 6.07) is 22.3. The topological polar surface area (TPSA) is 75.5 Å². The Hall–Kier alpha value is -3.78. The lowest BCUT2D eigenvalue weighted by atomic mass is 9.96. The maximum atomic E-state index is 11.7. The summed E-state index contributed by atoms with van der Waals surface area (Å²) in [5.74, 6) is 2.19. The van der Waals surface area contributed by atoms with E-state index >= 15 is 0 Å². The zero-order valence-electron chi connectivity index (χ0n) is 20.5. The number of carbonyl (C=O) groups is 1. The number of ether oxygens (including phenoxy) is 2. The molecule has 7 nitrogen and oxygen atoms in total. The summed E-state index contributed by atoms with van der Waals surface area (Å²) in [6.07, 6.45) is 1.95. The Morgan fingerprint density at radius 1 is 1.06 bits per heavy atom. The van der Waals surface area contributed by atoms with Gasteiger partial charge in [0.1, 0.15) is 5.84 Å². The Labute approximate surface area is 215 Å². The van der Waals surface area contributed by atoms with Crippen molar-refractivity contribution < 1.29 is 14.3 Å². The minimum Gasteiger partial charge on any atom is -0.493 e. The maximum absolute atomic E-state index is 11.7. The van der Waals surface area contributed by atoms with Crippen LogP contribution in [-0.4, -0.2) is 42.8 Å². The number of aliphatic imine (C=N–C) groups is 1. The van der Waals surface area contributed by atoms with Crippen LogP contribution < -0.4 is 19.8 Å². The number of hydrogen-bond acceptors (Lipinski definition) is 6. The number of amides is 1. The summed E-state index contributed by atoms with van der Waals surface area (Å²) in [5.41, 5.74) is 8.69. The highest BCUT2D eigenvalue weighted by Gasteiger charge is 2.27. The number of thioether (sulfide) groups is 1. The van der Waals surface area contributed by atoms with E-state index < -0.39 is 0 Å². The molecule has 0 spiro atoms. The molecule has 0 aliphatic carbocycles. The van der Waals surface area contributed by atoms with Crippen LogP contribution in [-0.2, 0) is 6.42 Å². The average Bonchev–Trinajstić information content (AvgIpc) is 2.91. The molecular formula is C28H28N4O3S. The lowest BCUT2D eigenvalue weighted by molar-refractivity contribution is 0.261. The minimum atomic E-state index is -0.118. The van der Waals surface area contributed by atoms with Gasteiger partial charge in [0.15, 0.2) is 11.5 Å². The molecule has 36 heavy (non-hydrogen) atoms. The number of amidine groups is 1. The summed E-state index contributed by atoms with van der Waals surface area (Å²) in [7, 11) is 3.28. The van der Waals surface area contributed by atoms with E-state index in [2.05, 4.69) is 33.6 Å². The van der Waals surface area contributed by atoms with E-state index in [0.717, 1.165) is 53.4 Å². The molecule has 0 radical (unpaired) electrons. The number of hydrazone groups is 1. The highest BCUT2D eigenvalue weighted by Crippen LogP contribution is 2.34. The molecule has 184 valence electrons. The predicted molar refractivity (Wildman–Crippen MR) is 146 cm³/mol. The Morgan fingerprint density at radius 2 is 1.86 bits per heavy atom. The summed E-state index contributed by atoms with van der Waals surface area (Å²) in [6.45, 7) is 2.85. The van der Waals surface area contributed by atoms with Crippen LogP contribution in [0.5, 0.6) is 11.5 Å². The first kappa shape index (κ1) is 23.9. The largest absolute Gasteiger partial charge is 0.493 e. The van der Waals surface area contributed by atoms with Crippen molar-refractivity contribution in [1.29, 1.82) is 0 Å². The molecule has 2 aliphatic heterocycles. The third-order valence-electron chi connectivity index (χ3n) is 6.32. The van der Waals surface area contributed by atoms with Crippen molar-refractivity contribution in [1.82, 2.24) is 5.43 Å². The zero-order chi connectivity index (χ0) is 25.1. The van der Waals surface area contributed by atoms with Gasteiger partial charge < -0.3 is 14.4 Å². The van der Waals surface area contributed by atoms with Crippen LogP contribution >= 0.6 is 11.8 Å². The standard InChI is InChI=1S/C28H28N4O3S/c1-18-26(30-31-28(33)36-18)20-11-13-23-19(16-20)8-7-15-32(23)27(29-22-9-5-4-6-10-22)21-12-14-24(34-2)25(17-21)35-3/h4-6,9-14,16-18H,7-8,15H2,1-3H3,(H,31,33). The molecule has 3 aromatic rings. The number of aryl methyl sites for hydroxylation is 1. The molecule has 3 aromatic carbocycles. The van der Waals surface area contributed by atoms with Gasteiger partial charge in [-0.1, -0.05) is 36.0 Å². The molecule has 0 aromatic heterocycles. The number of carbonyl (C=O) groups excluding carboxylic acids is 1. The first-order valence-electron chi connectivity index (χ1n) is 11.9. The van der Waals surface area contributed by atoms with Crippen LogP contribution in [0.2, 0.25) is 0 Å². The molecule has 2 heterocycles. The molecule has 1 atom stereocenters. The molecule has 2 aliphatic rings. The third-order valence-corrected chi connectivity index (χ3v) is 7.20. The van der Waals surface area contributed by atoms with Crippen LogP contribution in [0.1, 0.15) is 30.0 Å². The minimum absolute atomic E-state index is 0.00142. The lowest BCUT2D eigenvalue weighted by Gasteiger charge is -2.33. The van der Waals surface area contributed by atoms with E-state index in [4.69, 9.17) is 14.5 Å². The normalized spacial score (nSPS) is 17.7. The Kier molecular flexibility index (Phi) is 6.95. The lowest BCUT2D eigenvalue weighted by Crippen LogP contribution is -2.36. The smallest absolute Gasteiger partial charge is 0.299 e. The second-order valence-electron chi connectivity index (χ2n) is 8.60. The number of nitrogens with zero attached hydrogens (tertiary/aromatic N) is 3. The zero-order valence-corrected chi connectivity index (χ0v) is 21.3. The first-order valence-corrected chi connectivity index (χ1v) is 12.8. The number of hydrogen-bond donors (Lipinski definition) is 1. The van der Waals surface area contributed by atoms with Gasteiger partial charge in [-0.25, -0.2) is 10.4 Å². The van der Waals surface area contributed by atoms with E-state index in [1.54, 1.807) is 14.2 Å². The molecular weight excluding hydrogens is 472 g/mol. The van der Waals surface area contributed by atoms with Crippen LogP contribution in [0.25, 0.3) is 0 Å². The van der Waals surface area contributed by atoms with E-state index in [-0.39, 0.29) is 10.5 Å². The number of benzene rings is 3. The van der Waals surface area contributed by atoms with Gasteiger partial charge in [-0.15, -0.1) is 0 Å². The van der Waals surface area contributed by atoms with Gasteiger partial charge in [-0.05, 0) is 73.4 Å². The number of nitrogens with one attached hydrogen (secondary N) is 1. The molecule has 1 N–H and O–H groups in total. The highest BCUT2D eigenvalue weighted by molar-refractivity contribution is 8.14. The number of para-hydroxylation sites is 1. The first-order chi connectivity index (χ1) is 17.6. The van der Waals surface area contributed by atoms with Crippen LogP contribution in [0, 0.1) is 0 Å². The monoisotopic (exact) mass is 500 g/mol. The van der Waals surface area contributed by atoms with Crippen molar-refractivity contribution >= 4 is 39.9 Å². The molecule has 5 rings (SSSR count). The van der Waals surface area contributed by atoms with Gasteiger partial charge in [-0.2, -0.15) is 5.10 Å². The number of rotatable bonds is 5. The van der Waals surface area contributed by atoms with E-state index in [9.17, 15) is 4.79 Å². The van der Waals surface area contributed by atoms with Crippen LogP contribution in [0.3, 0.4) is 0 Å². The molecule has 0 bridgehead atoms. The number of fused-ring (bicyclic) bond motifs is 1. The van der Waals surface area contributed by atoms with Gasteiger partial charge in [0, 0.05) is 17.8 Å². The van der Waals surface area contributed by atoms with Gasteiger partial charge >= 0.3 is 0 Å². The molecule has 1 unspecified atom stereocenters. The summed E-state index contributed by atoms with van der Waals surface area (Å²) in [5, 5.41) is 4.22. The fourth-order valence-corrected chi connectivity index (χ4v) is 5.32. The molecule has 0 saturated carbocycles. The fourth-order valence-electron chi connectivity index (χ4n) is 4.60. The maximum Gasteiger partial charge on any atom is 0.299 e. The molecule has 8 heteroatoms. The van der Waals surface area contributed by atoms with E-state index in [0.29, 0.717) is 11.5 Å². The van der Waals surface area contributed by atoms with Gasteiger partial charge in [0.2, 0.25) is 0 Å². The van der Waals surface area contributed by atoms with Crippen molar-refractivity contribution in [3.05, 3.63) is 83.4 Å². The summed E-state index contributed by atoms with van der Waals surface area (Å²) in [4.78, 5) is 19.0. The Morgan fingerprint density at radius 3 is 2.61 bits per heavy atom. The van der Waals surface area contributed by atoms with Crippen molar-refractivity contribution in [2.24, 2.45) is 10.1 Å². The second-order valence-corrected chi connectivity index (χ2v) is 9.91. The fraction of sp³-hybridized carbons (Fsp3) is 0.250. The van der Waals surface area contributed by atoms with E-state index in [1.165, 1.54) is 17.3 Å². The number of anilines is 1. The Bertz CT molecular complexity index is 1340. The van der Waals surface area contributed by atoms with Crippen molar-refractivity contribution in [2.45, 2.75) is 25.0 Å². The SMILES string of the molecule is COc1ccc(C(=Nc2ccccc2)N2CCCc3cc(C4=NNC(=O)SC4C)ccc32)cc1OC. The van der Waals surface area contributed by atoms with Gasteiger partial charge in [0.25, 0.3) is 5.24 Å². The molecule has 0 saturated heterocycles. The number of methoxy groups -OCH3 is 2. The van der Waals surface area contributed by atoms with Gasteiger partial charge in [0.05, 0.1) is 30.9 Å². The van der Waals surface area contributed by atoms with Crippen LogP contribution in [0.15, 0.2) is 76.8 Å². The molecule has 0 fully saturated rings. The van der Waals surface area contributed by atoms with Gasteiger partial charge in [-0.3, -0.25) is 4.79 Å². The second kappa shape index (κ2) is 10.5.